The van der Waals surface area contributed by atoms with E-state index in [2.05, 4.69) is 27.0 Å². The first-order valence-corrected chi connectivity index (χ1v) is 13.1. The average Bonchev–Trinajstić information content (AvgIpc) is 3.30. The van der Waals surface area contributed by atoms with Crippen molar-refractivity contribution in [1.82, 2.24) is 20.5 Å². The molecule has 1 fully saturated rings. The molecule has 1 saturated heterocycles. The van der Waals surface area contributed by atoms with Crippen LogP contribution >= 0.6 is 0 Å². The van der Waals surface area contributed by atoms with Gasteiger partial charge in [0.25, 0.3) is 5.91 Å². The fourth-order valence-corrected chi connectivity index (χ4v) is 5.25. The van der Waals surface area contributed by atoms with Crippen LogP contribution in [0.4, 0.5) is 14.9 Å². The van der Waals surface area contributed by atoms with Gasteiger partial charge in [0.2, 0.25) is 11.8 Å². The van der Waals surface area contributed by atoms with Crippen molar-refractivity contribution >= 4 is 29.4 Å². The van der Waals surface area contributed by atoms with Crippen LogP contribution in [0.15, 0.2) is 48.8 Å². The van der Waals surface area contributed by atoms with Crippen molar-refractivity contribution in [2.75, 3.05) is 12.4 Å². The zero-order valence-electron chi connectivity index (χ0n) is 23.1. The second-order valence-electron chi connectivity index (χ2n) is 10.5. The molecule has 5 rings (SSSR count). The third-order valence-electron chi connectivity index (χ3n) is 7.40. The molecule has 11 nitrogen and oxygen atoms in total. The number of urea groups is 1. The third kappa shape index (κ3) is 5.24. The van der Waals surface area contributed by atoms with E-state index in [4.69, 9.17) is 4.74 Å². The maximum absolute atomic E-state index is 15.5. The first-order valence-electron chi connectivity index (χ1n) is 13.1. The Morgan fingerprint density at radius 2 is 1.95 bits per heavy atom. The van der Waals surface area contributed by atoms with Gasteiger partial charge in [-0.2, -0.15) is 5.26 Å². The number of pyridine rings is 1. The minimum Gasteiger partial charge on any atom is -0.496 e. The summed E-state index contributed by atoms with van der Waals surface area (Å²) < 4.78 is 21.1. The van der Waals surface area contributed by atoms with Gasteiger partial charge < -0.3 is 20.3 Å². The minimum absolute atomic E-state index is 0.0639. The Kier molecular flexibility index (Phi) is 7.34. The van der Waals surface area contributed by atoms with Gasteiger partial charge in [-0.1, -0.05) is 12.1 Å². The number of nitriles is 1. The highest BCUT2D eigenvalue weighted by atomic mass is 19.1. The number of nitrogens with zero attached hydrogens (tertiary/aromatic N) is 3. The number of carbonyl (C=O) groups is 4. The van der Waals surface area contributed by atoms with E-state index in [0.29, 0.717) is 16.9 Å². The van der Waals surface area contributed by atoms with E-state index in [9.17, 15) is 24.4 Å². The predicted molar refractivity (Wildman–Crippen MR) is 149 cm³/mol. The zero-order chi connectivity index (χ0) is 30.2. The number of anilines is 1. The van der Waals surface area contributed by atoms with E-state index < -0.39 is 41.2 Å². The molecule has 2 aliphatic rings. The molecule has 3 aromatic rings. The molecule has 12 heteroatoms. The summed E-state index contributed by atoms with van der Waals surface area (Å²) in [6.07, 6.45) is 3.34. The van der Waals surface area contributed by atoms with Crippen LogP contribution in [0.3, 0.4) is 0 Å². The molecule has 3 N–H and O–H groups in total. The smallest absolute Gasteiger partial charge is 0.320 e. The molecule has 0 saturated carbocycles. The Morgan fingerprint density at radius 3 is 2.67 bits per heavy atom. The van der Waals surface area contributed by atoms with E-state index in [1.807, 2.05) is 6.07 Å². The molecule has 2 aromatic carbocycles. The monoisotopic (exact) mass is 570 g/mol. The Morgan fingerprint density at radius 1 is 1.17 bits per heavy atom. The number of fused-ring (bicyclic) bond motifs is 1. The van der Waals surface area contributed by atoms with Crippen molar-refractivity contribution in [3.8, 4) is 22.9 Å². The molecule has 5 amide bonds. The number of rotatable bonds is 6. The van der Waals surface area contributed by atoms with E-state index in [-0.39, 0.29) is 36.2 Å². The van der Waals surface area contributed by atoms with E-state index in [1.165, 1.54) is 30.3 Å². The Hall–Kier alpha value is -5.31. The second kappa shape index (κ2) is 10.9. The highest BCUT2D eigenvalue weighted by Crippen LogP contribution is 2.35. The van der Waals surface area contributed by atoms with Gasteiger partial charge in [-0.25, -0.2) is 9.18 Å². The third-order valence-corrected chi connectivity index (χ3v) is 7.40. The number of imide groups is 1. The molecule has 1 unspecified atom stereocenters. The highest BCUT2D eigenvalue weighted by molar-refractivity contribution is 6.05. The summed E-state index contributed by atoms with van der Waals surface area (Å²) in [7, 11) is 1.50. The van der Waals surface area contributed by atoms with Crippen LogP contribution in [0.1, 0.15) is 53.7 Å². The summed E-state index contributed by atoms with van der Waals surface area (Å²) in [5.74, 6) is -1.82. The Bertz CT molecular complexity index is 1680. The van der Waals surface area contributed by atoms with Gasteiger partial charge in [0, 0.05) is 41.1 Å². The van der Waals surface area contributed by atoms with Gasteiger partial charge in [0.05, 0.1) is 30.4 Å². The van der Waals surface area contributed by atoms with E-state index >= 15 is 4.39 Å². The van der Waals surface area contributed by atoms with Crippen molar-refractivity contribution in [1.29, 1.82) is 5.26 Å². The standard InChI is InChI=1S/C30H27FN6O5/c1-30(2,21-6-4-17(11-24(21)42-3)18-10-16(12-32)13-33-14-18)36-29(41)34-22-7-5-19-20(26(22)31)15-37(28(19)40)23-8-9-25(38)35-27(23)39/h4-7,10-11,13-14,23H,8-9,15H2,1-3H3,(H2,34,36,41)(H,35,38,39). The normalized spacial score (nSPS) is 16.4. The van der Waals surface area contributed by atoms with E-state index in [1.54, 1.807) is 38.2 Å². The summed E-state index contributed by atoms with van der Waals surface area (Å²) in [6.45, 7) is 3.36. The number of piperidine rings is 1. The minimum atomic E-state index is -0.966. The molecule has 2 aliphatic heterocycles. The van der Waals surface area contributed by atoms with Crippen LogP contribution in [0, 0.1) is 17.1 Å². The van der Waals surface area contributed by atoms with Crippen molar-refractivity contribution in [3.63, 3.8) is 0 Å². The molecule has 0 bridgehead atoms. The zero-order valence-corrected chi connectivity index (χ0v) is 23.1. The number of methoxy groups -OCH3 is 1. The van der Waals surface area contributed by atoms with Crippen LogP contribution in [0.25, 0.3) is 11.1 Å². The first-order chi connectivity index (χ1) is 20.0. The molecular weight excluding hydrogens is 543 g/mol. The molecule has 0 radical (unpaired) electrons. The number of aromatic nitrogens is 1. The SMILES string of the molecule is COc1cc(-c2cncc(C#N)c2)ccc1C(C)(C)NC(=O)Nc1ccc2c(c1F)CN(C1CCC(=O)NC1=O)C2=O. The Labute approximate surface area is 240 Å². The van der Waals surface area contributed by atoms with Crippen LogP contribution in [-0.4, -0.2) is 46.8 Å². The quantitative estimate of drug-likeness (QED) is 0.383. The molecule has 214 valence electrons. The average molecular weight is 571 g/mol. The summed E-state index contributed by atoms with van der Waals surface area (Å²) in [5, 5.41) is 16.7. The van der Waals surface area contributed by atoms with Crippen LogP contribution < -0.4 is 20.7 Å². The molecule has 42 heavy (non-hydrogen) atoms. The lowest BCUT2D eigenvalue weighted by atomic mass is 9.91. The fourth-order valence-electron chi connectivity index (χ4n) is 5.25. The topological polar surface area (TPSA) is 154 Å². The van der Waals surface area contributed by atoms with Gasteiger partial charge in [0.1, 0.15) is 17.9 Å². The van der Waals surface area contributed by atoms with Gasteiger partial charge in [-0.3, -0.25) is 24.7 Å². The van der Waals surface area contributed by atoms with Gasteiger partial charge in [0.15, 0.2) is 5.82 Å². The summed E-state index contributed by atoms with van der Waals surface area (Å²) in [6, 6.07) is 10.3. The fraction of sp³-hybridized carbons (Fsp3) is 0.267. The molecule has 1 aromatic heterocycles. The summed E-state index contributed by atoms with van der Waals surface area (Å²) in [4.78, 5) is 55.1. The number of amides is 5. The maximum atomic E-state index is 15.5. The van der Waals surface area contributed by atoms with Gasteiger partial charge in [-0.05, 0) is 50.1 Å². The number of carbonyl (C=O) groups excluding carboxylic acids is 4. The number of nitrogens with one attached hydrogen (secondary N) is 3. The molecular formula is C30H27FN6O5. The lowest BCUT2D eigenvalue weighted by Crippen LogP contribution is -2.52. The molecule has 3 heterocycles. The number of halogens is 1. The summed E-state index contributed by atoms with van der Waals surface area (Å²) in [5.41, 5.74) is 1.62. The van der Waals surface area contributed by atoms with Gasteiger partial charge in [-0.15, -0.1) is 0 Å². The Balaban J connectivity index is 1.32. The number of hydrogen-bond acceptors (Lipinski definition) is 7. The van der Waals surface area contributed by atoms with Crippen molar-refractivity contribution in [3.05, 3.63) is 76.9 Å². The van der Waals surface area contributed by atoms with E-state index in [0.717, 1.165) is 11.1 Å². The van der Waals surface area contributed by atoms with Crippen LogP contribution in [-0.2, 0) is 21.7 Å². The highest BCUT2D eigenvalue weighted by Gasteiger charge is 2.40. The number of benzene rings is 2. The molecule has 0 aliphatic carbocycles. The van der Waals surface area contributed by atoms with Gasteiger partial charge >= 0.3 is 6.03 Å². The predicted octanol–water partition coefficient (Wildman–Crippen LogP) is 3.59. The first kappa shape index (κ1) is 28.2. The summed E-state index contributed by atoms with van der Waals surface area (Å²) >= 11 is 0. The van der Waals surface area contributed by atoms with Crippen molar-refractivity contribution in [2.45, 2.75) is 44.8 Å². The van der Waals surface area contributed by atoms with Crippen LogP contribution in [0.2, 0.25) is 0 Å². The van der Waals surface area contributed by atoms with Crippen LogP contribution in [0.5, 0.6) is 5.75 Å². The molecule has 1 atom stereocenters. The lowest BCUT2D eigenvalue weighted by molar-refractivity contribution is -0.136. The van der Waals surface area contributed by atoms with Crippen molar-refractivity contribution in [2.24, 2.45) is 0 Å². The number of hydrogen-bond donors (Lipinski definition) is 3. The molecule has 0 spiro atoms. The largest absolute Gasteiger partial charge is 0.496 e. The number of ether oxygens (including phenoxy) is 1. The second-order valence-corrected chi connectivity index (χ2v) is 10.5. The van der Waals surface area contributed by atoms with Crippen molar-refractivity contribution < 1.29 is 28.3 Å². The maximum Gasteiger partial charge on any atom is 0.320 e. The lowest BCUT2D eigenvalue weighted by Gasteiger charge is -2.29.